The molecule has 2 unspecified atom stereocenters. The van der Waals surface area contributed by atoms with E-state index in [0.29, 0.717) is 30.7 Å². The van der Waals surface area contributed by atoms with Gasteiger partial charge in [-0.3, -0.25) is 9.78 Å². The molecule has 2 atom stereocenters. The quantitative estimate of drug-likeness (QED) is 0.710. The number of nitrogens with zero attached hydrogens (tertiary/aromatic N) is 4. The number of para-hydroxylation sites is 1. The van der Waals surface area contributed by atoms with Crippen molar-refractivity contribution in [3.8, 4) is 0 Å². The molecule has 2 fully saturated rings. The third-order valence-electron chi connectivity index (χ3n) is 6.47. The Morgan fingerprint density at radius 2 is 1.97 bits per heavy atom. The minimum absolute atomic E-state index is 0.0668. The van der Waals surface area contributed by atoms with Crippen molar-refractivity contribution < 1.29 is 4.79 Å². The van der Waals surface area contributed by atoms with Crippen molar-refractivity contribution in [2.45, 2.75) is 37.9 Å². The molecule has 1 aromatic carbocycles. The number of fused-ring (bicyclic) bond motifs is 4. The standard InChI is InChI=1S/C22H23N5OS/c28-21(17-5-1-3-14-4-2-9-24-20(14)17)26-10-8-18-19(13-26)29-22(25-18)27-15-6-7-16(27)12-23-11-15/h1-5,9,15-16,23H,6-8,10-13H2. The third kappa shape index (κ3) is 2.83. The van der Waals surface area contributed by atoms with Gasteiger partial charge in [0.15, 0.2) is 5.13 Å². The summed E-state index contributed by atoms with van der Waals surface area (Å²) in [5.41, 5.74) is 2.66. The fourth-order valence-electron chi connectivity index (χ4n) is 5.00. The summed E-state index contributed by atoms with van der Waals surface area (Å²) in [5.74, 6) is 0.0668. The number of pyridine rings is 1. The van der Waals surface area contributed by atoms with Gasteiger partial charge in [0.1, 0.15) is 0 Å². The Labute approximate surface area is 173 Å². The zero-order chi connectivity index (χ0) is 19.4. The van der Waals surface area contributed by atoms with Crippen LogP contribution in [0.15, 0.2) is 36.5 Å². The Balaban J connectivity index is 1.28. The van der Waals surface area contributed by atoms with E-state index in [9.17, 15) is 4.79 Å². The first-order chi connectivity index (χ1) is 14.3. The summed E-state index contributed by atoms with van der Waals surface area (Å²) < 4.78 is 0. The summed E-state index contributed by atoms with van der Waals surface area (Å²) in [4.78, 5) is 28.5. The van der Waals surface area contributed by atoms with Crippen LogP contribution >= 0.6 is 11.3 Å². The van der Waals surface area contributed by atoms with E-state index in [1.807, 2.05) is 35.2 Å². The monoisotopic (exact) mass is 405 g/mol. The predicted molar refractivity (Wildman–Crippen MR) is 114 cm³/mol. The van der Waals surface area contributed by atoms with Crippen LogP contribution in [0.1, 0.15) is 33.8 Å². The Hall–Kier alpha value is -2.51. The van der Waals surface area contributed by atoms with E-state index >= 15 is 0 Å². The molecule has 6 rings (SSSR count). The molecule has 29 heavy (non-hydrogen) atoms. The number of aromatic nitrogens is 2. The first-order valence-corrected chi connectivity index (χ1v) is 11.2. The summed E-state index contributed by atoms with van der Waals surface area (Å²) in [7, 11) is 0. The van der Waals surface area contributed by atoms with Crippen molar-refractivity contribution in [1.29, 1.82) is 0 Å². The van der Waals surface area contributed by atoms with Crippen LogP contribution in [-0.2, 0) is 13.0 Å². The van der Waals surface area contributed by atoms with Crippen LogP contribution in [0.4, 0.5) is 5.13 Å². The van der Waals surface area contributed by atoms with Crippen LogP contribution in [-0.4, -0.2) is 52.5 Å². The summed E-state index contributed by atoms with van der Waals surface area (Å²) in [6.07, 6.45) is 5.09. The number of benzene rings is 1. The number of piperazine rings is 1. The van der Waals surface area contributed by atoms with E-state index in [1.165, 1.54) is 23.4 Å². The molecule has 6 nitrogen and oxygen atoms in total. The van der Waals surface area contributed by atoms with Gasteiger partial charge in [0.25, 0.3) is 5.91 Å². The molecule has 1 amide bonds. The van der Waals surface area contributed by atoms with Crippen molar-refractivity contribution >= 4 is 33.3 Å². The first-order valence-electron chi connectivity index (χ1n) is 10.4. The number of rotatable bonds is 2. The fraction of sp³-hybridized carbons (Fsp3) is 0.409. The van der Waals surface area contributed by atoms with Gasteiger partial charge < -0.3 is 15.1 Å². The summed E-state index contributed by atoms with van der Waals surface area (Å²) in [6.45, 7) is 3.47. The van der Waals surface area contributed by atoms with Crippen LogP contribution in [0.25, 0.3) is 10.9 Å². The minimum atomic E-state index is 0.0668. The SMILES string of the molecule is O=C(c1cccc2cccnc12)N1CCc2nc(N3C4CCC3CNC4)sc2C1. The number of carbonyl (C=O) groups is 1. The van der Waals surface area contributed by atoms with Crippen molar-refractivity contribution in [2.75, 3.05) is 24.5 Å². The number of thiazole rings is 1. The van der Waals surface area contributed by atoms with E-state index in [-0.39, 0.29) is 5.91 Å². The molecule has 3 aliphatic heterocycles. The highest BCUT2D eigenvalue weighted by atomic mass is 32.1. The average molecular weight is 406 g/mol. The molecule has 0 radical (unpaired) electrons. The van der Waals surface area contributed by atoms with Gasteiger partial charge in [0.05, 0.1) is 23.3 Å². The van der Waals surface area contributed by atoms with E-state index in [0.717, 1.165) is 35.5 Å². The Morgan fingerprint density at radius 1 is 1.14 bits per heavy atom. The van der Waals surface area contributed by atoms with Crippen molar-refractivity contribution in [3.63, 3.8) is 0 Å². The zero-order valence-electron chi connectivity index (χ0n) is 16.2. The van der Waals surface area contributed by atoms with Gasteiger partial charge in [-0.15, -0.1) is 0 Å². The molecule has 1 N–H and O–H groups in total. The summed E-state index contributed by atoms with van der Waals surface area (Å²) >= 11 is 1.79. The average Bonchev–Trinajstić information content (AvgIpc) is 3.29. The lowest BCUT2D eigenvalue weighted by atomic mass is 10.1. The number of hydrogen-bond donors (Lipinski definition) is 1. The van der Waals surface area contributed by atoms with Gasteiger partial charge in [-0.05, 0) is 25.0 Å². The second-order valence-electron chi connectivity index (χ2n) is 8.17. The normalized spacial score (nSPS) is 23.4. The smallest absolute Gasteiger partial charge is 0.256 e. The lowest BCUT2D eigenvalue weighted by Crippen LogP contribution is -2.51. The van der Waals surface area contributed by atoms with Crippen LogP contribution in [0, 0.1) is 0 Å². The van der Waals surface area contributed by atoms with E-state index in [4.69, 9.17) is 4.98 Å². The molecule has 0 aliphatic carbocycles. The second kappa shape index (κ2) is 6.78. The van der Waals surface area contributed by atoms with Gasteiger partial charge in [-0.1, -0.05) is 29.5 Å². The maximum atomic E-state index is 13.3. The molecule has 5 heterocycles. The van der Waals surface area contributed by atoms with Crippen LogP contribution in [0.2, 0.25) is 0 Å². The highest BCUT2D eigenvalue weighted by Gasteiger charge is 2.39. The summed E-state index contributed by atoms with van der Waals surface area (Å²) in [5, 5.41) is 5.70. The van der Waals surface area contributed by atoms with Crippen molar-refractivity contribution in [3.05, 3.63) is 52.7 Å². The van der Waals surface area contributed by atoms with Crippen LogP contribution in [0.3, 0.4) is 0 Å². The van der Waals surface area contributed by atoms with Gasteiger partial charge in [-0.2, -0.15) is 0 Å². The molecule has 3 aliphatic rings. The van der Waals surface area contributed by atoms with E-state index in [2.05, 4.69) is 15.2 Å². The van der Waals surface area contributed by atoms with Crippen molar-refractivity contribution in [1.82, 2.24) is 20.2 Å². The Morgan fingerprint density at radius 3 is 2.83 bits per heavy atom. The highest BCUT2D eigenvalue weighted by molar-refractivity contribution is 7.15. The van der Waals surface area contributed by atoms with E-state index < -0.39 is 0 Å². The molecule has 2 aromatic heterocycles. The molecule has 2 saturated heterocycles. The van der Waals surface area contributed by atoms with Crippen LogP contribution < -0.4 is 10.2 Å². The highest BCUT2D eigenvalue weighted by Crippen LogP contribution is 2.38. The molecular weight excluding hydrogens is 382 g/mol. The third-order valence-corrected chi connectivity index (χ3v) is 7.57. The van der Waals surface area contributed by atoms with E-state index in [1.54, 1.807) is 17.5 Å². The number of anilines is 1. The number of carbonyl (C=O) groups excluding carboxylic acids is 1. The molecule has 2 bridgehead atoms. The van der Waals surface area contributed by atoms with Gasteiger partial charge >= 0.3 is 0 Å². The minimum Gasteiger partial charge on any atom is -0.340 e. The van der Waals surface area contributed by atoms with Gasteiger partial charge in [0, 0.05) is 54.6 Å². The Bertz CT molecular complexity index is 1070. The van der Waals surface area contributed by atoms with Crippen LogP contribution in [0.5, 0.6) is 0 Å². The zero-order valence-corrected chi connectivity index (χ0v) is 17.0. The number of nitrogens with one attached hydrogen (secondary N) is 1. The predicted octanol–water partition coefficient (Wildman–Crippen LogP) is 2.83. The first kappa shape index (κ1) is 17.4. The maximum Gasteiger partial charge on any atom is 0.256 e. The molecule has 3 aromatic rings. The molecular formula is C22H23N5OS. The summed E-state index contributed by atoms with van der Waals surface area (Å²) in [6, 6.07) is 10.9. The molecule has 148 valence electrons. The molecule has 0 spiro atoms. The Kier molecular flexibility index (Phi) is 4.06. The lowest BCUT2D eigenvalue weighted by Gasteiger charge is -2.35. The molecule has 7 heteroatoms. The molecule has 0 saturated carbocycles. The second-order valence-corrected chi connectivity index (χ2v) is 9.24. The van der Waals surface area contributed by atoms with Gasteiger partial charge in [-0.25, -0.2) is 4.98 Å². The van der Waals surface area contributed by atoms with Crippen molar-refractivity contribution in [2.24, 2.45) is 0 Å². The number of amides is 1. The number of hydrogen-bond acceptors (Lipinski definition) is 6. The topological polar surface area (TPSA) is 61.4 Å². The maximum absolute atomic E-state index is 13.3. The largest absolute Gasteiger partial charge is 0.340 e. The lowest BCUT2D eigenvalue weighted by molar-refractivity contribution is 0.0738. The fourth-order valence-corrected chi connectivity index (χ4v) is 6.27. The van der Waals surface area contributed by atoms with Gasteiger partial charge in [0.2, 0.25) is 0 Å².